The van der Waals surface area contributed by atoms with Crippen molar-refractivity contribution in [3.63, 3.8) is 0 Å². The summed E-state index contributed by atoms with van der Waals surface area (Å²) in [5, 5.41) is 0. The molecule has 1 aromatic carbocycles. The molecule has 0 unspecified atom stereocenters. The lowest BCUT2D eigenvalue weighted by molar-refractivity contribution is 0.101. The van der Waals surface area contributed by atoms with Crippen LogP contribution in [0.1, 0.15) is 16.2 Å². The van der Waals surface area contributed by atoms with Gasteiger partial charge in [0.25, 0.3) is 0 Å². The number of carbonyl (C=O) groups excluding carboxylic acids is 1. The monoisotopic (exact) mass is 243 g/mol. The van der Waals surface area contributed by atoms with Gasteiger partial charge in [0.15, 0.2) is 22.1 Å². The minimum Gasteiger partial charge on any atom is -0.441 e. The molecule has 3 nitrogen and oxygen atoms in total. The quantitative estimate of drug-likeness (QED) is 0.602. The van der Waals surface area contributed by atoms with Crippen molar-refractivity contribution in [2.45, 2.75) is 11.8 Å². The molecule has 0 atom stereocenters. The van der Waals surface area contributed by atoms with Gasteiger partial charge in [0.2, 0.25) is 0 Å². The van der Waals surface area contributed by atoms with Crippen molar-refractivity contribution in [1.29, 1.82) is 0 Å². The van der Waals surface area contributed by atoms with Gasteiger partial charge in [0, 0.05) is 12.5 Å². The fraction of sp³-hybridized carbons (Fsp3) is 0.200. The number of benzene rings is 1. The van der Waals surface area contributed by atoms with E-state index in [1.807, 2.05) is 0 Å². The number of ketones is 1. The second-order valence-corrected chi connectivity index (χ2v) is 4.18. The normalized spacial score (nSPS) is 11.2. The maximum atomic E-state index is 11.5. The molecular weight excluding hydrogens is 237 g/mol. The average molecular weight is 244 g/mol. The number of hydrogen-bond donors (Lipinski definition) is 0. The number of Topliss-reactive ketones (excluding diaryl/α,β-unsaturated/α-hetero) is 1. The van der Waals surface area contributed by atoms with Crippen LogP contribution in [0.25, 0.3) is 11.1 Å². The lowest BCUT2D eigenvalue weighted by atomic mass is 10.1. The summed E-state index contributed by atoms with van der Waals surface area (Å²) in [4.78, 5) is 14.5. The molecule has 0 fully saturated rings. The summed E-state index contributed by atoms with van der Waals surface area (Å²) in [6, 6.07) is 4.93. The van der Waals surface area contributed by atoms with Crippen molar-refractivity contribution in [1.82, 2.24) is 4.98 Å². The first kappa shape index (κ1) is 10.5. The molecule has 0 saturated carbocycles. The highest BCUT2D eigenvalue weighted by molar-refractivity contribution is 6.55. The molecule has 0 radical (unpaired) electrons. The fourth-order valence-corrected chi connectivity index (χ4v) is 1.57. The first-order chi connectivity index (χ1) is 7.08. The molecule has 0 aliphatic carbocycles. The first-order valence-electron chi connectivity index (χ1n) is 4.27. The van der Waals surface area contributed by atoms with Crippen LogP contribution in [0.15, 0.2) is 22.6 Å². The number of alkyl halides is 2. The lowest BCUT2D eigenvalue weighted by Crippen LogP contribution is -2.07. The van der Waals surface area contributed by atoms with Gasteiger partial charge in [-0.05, 0) is 18.2 Å². The number of aryl methyl sites for hydroxylation is 1. The van der Waals surface area contributed by atoms with Gasteiger partial charge in [-0.15, -0.1) is 0 Å². The van der Waals surface area contributed by atoms with Crippen molar-refractivity contribution in [2.24, 2.45) is 0 Å². The van der Waals surface area contributed by atoms with Crippen LogP contribution in [0.3, 0.4) is 0 Å². The van der Waals surface area contributed by atoms with Crippen molar-refractivity contribution in [3.05, 3.63) is 29.7 Å². The Kier molecular flexibility index (Phi) is 2.67. The molecular formula is C10H7Cl2NO2. The third-order valence-electron chi connectivity index (χ3n) is 1.98. The third-order valence-corrected chi connectivity index (χ3v) is 2.37. The Balaban J connectivity index is 2.51. The molecule has 15 heavy (non-hydrogen) atoms. The molecule has 0 aliphatic rings. The van der Waals surface area contributed by atoms with Crippen molar-refractivity contribution < 1.29 is 9.21 Å². The Hall–Kier alpha value is -1.06. The Bertz CT molecular complexity index is 519. The summed E-state index contributed by atoms with van der Waals surface area (Å²) in [5.74, 6) is 0.220. The molecule has 5 heteroatoms. The number of carbonyl (C=O) groups is 1. The standard InChI is InChI=1S/C10H7Cl2NO2/c1-5-13-7-3-2-6(4-8(7)15-5)9(14)10(11)12/h2-4,10H,1H3. The maximum Gasteiger partial charge on any atom is 0.195 e. The summed E-state index contributed by atoms with van der Waals surface area (Å²) >= 11 is 11.0. The second kappa shape index (κ2) is 3.83. The smallest absolute Gasteiger partial charge is 0.195 e. The van der Waals surface area contributed by atoms with E-state index in [0.717, 1.165) is 0 Å². The van der Waals surface area contributed by atoms with Crippen LogP contribution in [0.4, 0.5) is 0 Å². The number of aromatic nitrogens is 1. The topological polar surface area (TPSA) is 43.1 Å². The van der Waals surface area contributed by atoms with Gasteiger partial charge >= 0.3 is 0 Å². The first-order valence-corrected chi connectivity index (χ1v) is 5.15. The zero-order valence-corrected chi connectivity index (χ0v) is 9.34. The number of nitrogens with zero attached hydrogens (tertiary/aromatic N) is 1. The van der Waals surface area contributed by atoms with E-state index in [2.05, 4.69) is 4.98 Å². The lowest BCUT2D eigenvalue weighted by Gasteiger charge is -1.99. The average Bonchev–Trinajstić information content (AvgIpc) is 2.55. The molecule has 0 bridgehead atoms. The Morgan fingerprint density at radius 3 is 2.87 bits per heavy atom. The highest BCUT2D eigenvalue weighted by Crippen LogP contribution is 2.19. The van der Waals surface area contributed by atoms with E-state index in [-0.39, 0.29) is 5.78 Å². The van der Waals surface area contributed by atoms with Crippen LogP contribution < -0.4 is 0 Å². The fourth-order valence-electron chi connectivity index (χ4n) is 1.32. The zero-order valence-electron chi connectivity index (χ0n) is 7.83. The minimum atomic E-state index is -1.05. The van der Waals surface area contributed by atoms with E-state index in [1.54, 1.807) is 25.1 Å². The van der Waals surface area contributed by atoms with E-state index >= 15 is 0 Å². The van der Waals surface area contributed by atoms with Crippen molar-refractivity contribution >= 4 is 40.1 Å². The van der Waals surface area contributed by atoms with Gasteiger partial charge in [0.1, 0.15) is 5.52 Å². The molecule has 0 saturated heterocycles. The predicted molar refractivity (Wildman–Crippen MR) is 58.6 cm³/mol. The number of hydrogen-bond acceptors (Lipinski definition) is 3. The van der Waals surface area contributed by atoms with Crippen LogP contribution in [0, 0.1) is 6.92 Å². The number of fused-ring (bicyclic) bond motifs is 1. The summed E-state index contributed by atoms with van der Waals surface area (Å²) < 4.78 is 5.29. The van der Waals surface area contributed by atoms with Crippen molar-refractivity contribution in [3.8, 4) is 0 Å². The van der Waals surface area contributed by atoms with Crippen LogP contribution in [0.5, 0.6) is 0 Å². The Morgan fingerprint density at radius 2 is 2.20 bits per heavy atom. The van der Waals surface area contributed by atoms with E-state index in [9.17, 15) is 4.79 Å². The van der Waals surface area contributed by atoms with Gasteiger partial charge in [-0.1, -0.05) is 23.2 Å². The molecule has 0 amide bonds. The zero-order chi connectivity index (χ0) is 11.0. The van der Waals surface area contributed by atoms with Crippen LogP contribution in [0.2, 0.25) is 0 Å². The molecule has 78 valence electrons. The number of halogens is 2. The van der Waals surface area contributed by atoms with Gasteiger partial charge in [-0.25, -0.2) is 4.98 Å². The largest absolute Gasteiger partial charge is 0.441 e. The maximum absolute atomic E-state index is 11.5. The van der Waals surface area contributed by atoms with E-state index in [4.69, 9.17) is 27.6 Å². The summed E-state index contributed by atoms with van der Waals surface area (Å²) in [6.45, 7) is 1.74. The number of rotatable bonds is 2. The molecule has 1 aromatic heterocycles. The highest BCUT2D eigenvalue weighted by atomic mass is 35.5. The third kappa shape index (κ3) is 1.98. The Morgan fingerprint density at radius 1 is 1.47 bits per heavy atom. The van der Waals surface area contributed by atoms with E-state index in [0.29, 0.717) is 22.6 Å². The van der Waals surface area contributed by atoms with Gasteiger partial charge in [0.05, 0.1) is 0 Å². The van der Waals surface area contributed by atoms with Crippen LogP contribution in [-0.2, 0) is 0 Å². The minimum absolute atomic E-state index is 0.339. The van der Waals surface area contributed by atoms with E-state index < -0.39 is 4.84 Å². The number of oxazole rings is 1. The van der Waals surface area contributed by atoms with E-state index in [1.165, 1.54) is 0 Å². The second-order valence-electron chi connectivity index (χ2n) is 3.08. The van der Waals surface area contributed by atoms with Crippen molar-refractivity contribution in [2.75, 3.05) is 0 Å². The molecule has 2 aromatic rings. The Labute approximate surface area is 96.0 Å². The van der Waals surface area contributed by atoms with Gasteiger partial charge in [-0.3, -0.25) is 4.79 Å². The molecule has 1 heterocycles. The van der Waals surface area contributed by atoms with Crippen LogP contribution >= 0.6 is 23.2 Å². The van der Waals surface area contributed by atoms with Gasteiger partial charge in [-0.2, -0.15) is 0 Å². The molecule has 0 spiro atoms. The molecule has 0 N–H and O–H groups in total. The predicted octanol–water partition coefficient (Wildman–Crippen LogP) is 3.12. The highest BCUT2D eigenvalue weighted by Gasteiger charge is 2.15. The van der Waals surface area contributed by atoms with Gasteiger partial charge < -0.3 is 4.42 Å². The SMILES string of the molecule is Cc1nc2ccc(C(=O)C(Cl)Cl)cc2o1. The summed E-state index contributed by atoms with van der Waals surface area (Å²) in [5.41, 5.74) is 1.70. The summed E-state index contributed by atoms with van der Waals surface area (Å²) in [6.07, 6.45) is 0. The molecule has 2 rings (SSSR count). The molecule has 0 aliphatic heterocycles. The van der Waals surface area contributed by atoms with Crippen LogP contribution in [-0.4, -0.2) is 15.6 Å². The summed E-state index contributed by atoms with van der Waals surface area (Å²) in [7, 11) is 0.